The first-order valence-electron chi connectivity index (χ1n) is 5.19. The molecule has 2 rings (SSSR count). The minimum atomic E-state index is 0.367. The molecule has 2 aromatic rings. The van der Waals surface area contributed by atoms with Gasteiger partial charge in [0.1, 0.15) is 4.99 Å². The lowest BCUT2D eigenvalue weighted by Gasteiger charge is -2.12. The Morgan fingerprint density at radius 1 is 1.06 bits per heavy atom. The Kier molecular flexibility index (Phi) is 4.37. The summed E-state index contributed by atoms with van der Waals surface area (Å²) >= 11 is 12.0. The van der Waals surface area contributed by atoms with E-state index in [2.05, 4.69) is 37.2 Å². The minimum absolute atomic E-state index is 0.367. The Morgan fingerprint density at radius 2 is 1.78 bits per heavy atom. The quantitative estimate of drug-likeness (QED) is 0.759. The van der Waals surface area contributed by atoms with Crippen molar-refractivity contribution in [3.63, 3.8) is 0 Å². The van der Waals surface area contributed by atoms with Gasteiger partial charge in [-0.2, -0.15) is 0 Å². The molecule has 0 heterocycles. The highest BCUT2D eigenvalue weighted by atomic mass is 79.9. The second-order valence-electron chi connectivity index (χ2n) is 3.66. The summed E-state index contributed by atoms with van der Waals surface area (Å²) in [5.41, 5.74) is 8.41. The Labute approximate surface area is 128 Å². The standard InChI is InChI=1S/C13H10Br2N2S/c14-8-5-6-11(9(7-8)13(16)18)17-12-4-2-1-3-10(12)15/h1-7,17H,(H2,16,18). The van der Waals surface area contributed by atoms with Crippen LogP contribution in [0.15, 0.2) is 51.4 Å². The van der Waals surface area contributed by atoms with Crippen LogP contribution < -0.4 is 11.1 Å². The van der Waals surface area contributed by atoms with Gasteiger partial charge in [-0.3, -0.25) is 0 Å². The molecule has 0 aliphatic rings. The van der Waals surface area contributed by atoms with Crippen LogP contribution in [0.2, 0.25) is 0 Å². The number of benzene rings is 2. The van der Waals surface area contributed by atoms with Crippen molar-refractivity contribution in [2.75, 3.05) is 5.32 Å². The summed E-state index contributed by atoms with van der Waals surface area (Å²) in [7, 11) is 0. The van der Waals surface area contributed by atoms with Crippen molar-refractivity contribution >= 4 is 60.4 Å². The Balaban J connectivity index is 2.41. The van der Waals surface area contributed by atoms with Crippen LogP contribution in [0.25, 0.3) is 0 Å². The monoisotopic (exact) mass is 384 g/mol. The van der Waals surface area contributed by atoms with Crippen molar-refractivity contribution in [2.24, 2.45) is 5.73 Å². The molecule has 2 aromatic carbocycles. The van der Waals surface area contributed by atoms with Gasteiger partial charge in [0.2, 0.25) is 0 Å². The lowest BCUT2D eigenvalue weighted by molar-refractivity contribution is 1.49. The zero-order chi connectivity index (χ0) is 13.1. The summed E-state index contributed by atoms with van der Waals surface area (Å²) < 4.78 is 1.93. The highest BCUT2D eigenvalue weighted by molar-refractivity contribution is 9.10. The molecule has 3 N–H and O–H groups in total. The number of para-hydroxylation sites is 1. The summed E-state index contributed by atoms with van der Waals surface area (Å²) in [5.74, 6) is 0. The van der Waals surface area contributed by atoms with Gasteiger partial charge in [0, 0.05) is 20.2 Å². The third-order valence-electron chi connectivity index (χ3n) is 2.39. The third-order valence-corrected chi connectivity index (χ3v) is 3.79. The maximum atomic E-state index is 5.73. The van der Waals surface area contributed by atoms with Crippen molar-refractivity contribution < 1.29 is 0 Å². The zero-order valence-corrected chi connectivity index (χ0v) is 13.3. The fourth-order valence-corrected chi connectivity index (χ4v) is 2.45. The molecule has 0 saturated carbocycles. The van der Waals surface area contributed by atoms with E-state index in [4.69, 9.17) is 18.0 Å². The van der Waals surface area contributed by atoms with E-state index in [0.29, 0.717) is 4.99 Å². The average molecular weight is 386 g/mol. The fourth-order valence-electron chi connectivity index (χ4n) is 1.54. The van der Waals surface area contributed by atoms with Gasteiger partial charge in [-0.05, 0) is 46.3 Å². The van der Waals surface area contributed by atoms with E-state index >= 15 is 0 Å². The minimum Gasteiger partial charge on any atom is -0.389 e. The van der Waals surface area contributed by atoms with E-state index in [1.54, 1.807) is 0 Å². The molecule has 0 saturated heterocycles. The van der Waals surface area contributed by atoms with E-state index in [0.717, 1.165) is 25.9 Å². The smallest absolute Gasteiger partial charge is 0.106 e. The highest BCUT2D eigenvalue weighted by Crippen LogP contribution is 2.28. The van der Waals surface area contributed by atoms with Crippen molar-refractivity contribution in [3.8, 4) is 0 Å². The maximum Gasteiger partial charge on any atom is 0.106 e. The van der Waals surface area contributed by atoms with E-state index < -0.39 is 0 Å². The van der Waals surface area contributed by atoms with Crippen molar-refractivity contribution in [3.05, 3.63) is 57.0 Å². The fraction of sp³-hybridized carbons (Fsp3) is 0. The van der Waals surface area contributed by atoms with E-state index in [1.165, 1.54) is 0 Å². The van der Waals surface area contributed by atoms with Gasteiger partial charge in [-0.15, -0.1) is 0 Å². The predicted octanol–water partition coefficient (Wildman–Crippen LogP) is 4.59. The lowest BCUT2D eigenvalue weighted by Crippen LogP contribution is -2.12. The summed E-state index contributed by atoms with van der Waals surface area (Å²) in [5, 5.41) is 3.31. The molecule has 0 amide bonds. The highest BCUT2D eigenvalue weighted by Gasteiger charge is 2.07. The van der Waals surface area contributed by atoms with Crippen LogP contribution in [0.5, 0.6) is 0 Å². The van der Waals surface area contributed by atoms with Gasteiger partial charge >= 0.3 is 0 Å². The van der Waals surface area contributed by atoms with Gasteiger partial charge in [0.15, 0.2) is 0 Å². The molecular formula is C13H10Br2N2S. The third kappa shape index (κ3) is 3.10. The second kappa shape index (κ2) is 5.82. The van der Waals surface area contributed by atoms with Crippen LogP contribution in [-0.4, -0.2) is 4.99 Å². The molecule has 0 aliphatic carbocycles. The van der Waals surface area contributed by atoms with Gasteiger partial charge in [0.25, 0.3) is 0 Å². The summed E-state index contributed by atoms with van der Waals surface area (Å²) in [4.78, 5) is 0.367. The number of nitrogens with two attached hydrogens (primary N) is 1. The van der Waals surface area contributed by atoms with E-state index in [-0.39, 0.29) is 0 Å². The molecule has 5 heteroatoms. The molecule has 92 valence electrons. The molecule has 0 fully saturated rings. The molecule has 0 unspecified atom stereocenters. The molecular weight excluding hydrogens is 376 g/mol. The van der Waals surface area contributed by atoms with Gasteiger partial charge in [0.05, 0.1) is 5.69 Å². The van der Waals surface area contributed by atoms with Crippen molar-refractivity contribution in [1.29, 1.82) is 0 Å². The number of halogens is 2. The normalized spacial score (nSPS) is 10.1. The van der Waals surface area contributed by atoms with Crippen molar-refractivity contribution in [2.45, 2.75) is 0 Å². The molecule has 0 aliphatic heterocycles. The Bertz CT molecular complexity index is 599. The number of hydrogen-bond donors (Lipinski definition) is 2. The van der Waals surface area contributed by atoms with Crippen LogP contribution >= 0.6 is 44.1 Å². The topological polar surface area (TPSA) is 38.0 Å². The second-order valence-corrected chi connectivity index (χ2v) is 5.87. The lowest BCUT2D eigenvalue weighted by atomic mass is 10.1. The Morgan fingerprint density at radius 3 is 2.44 bits per heavy atom. The number of thiocarbonyl (C=S) groups is 1. The van der Waals surface area contributed by atoms with Crippen LogP contribution in [0, 0.1) is 0 Å². The number of rotatable bonds is 3. The molecule has 0 radical (unpaired) electrons. The predicted molar refractivity (Wildman–Crippen MR) is 87.5 cm³/mol. The number of hydrogen-bond acceptors (Lipinski definition) is 2. The first kappa shape index (κ1) is 13.5. The van der Waals surface area contributed by atoms with Crippen LogP contribution in [-0.2, 0) is 0 Å². The Hall–Kier alpha value is -0.910. The SMILES string of the molecule is NC(=S)c1cc(Br)ccc1Nc1ccccc1Br. The largest absolute Gasteiger partial charge is 0.389 e. The first-order chi connectivity index (χ1) is 8.58. The van der Waals surface area contributed by atoms with Crippen LogP contribution in [0.4, 0.5) is 11.4 Å². The molecule has 0 atom stereocenters. The molecule has 18 heavy (non-hydrogen) atoms. The molecule has 0 bridgehead atoms. The number of anilines is 2. The molecule has 0 aromatic heterocycles. The number of nitrogens with one attached hydrogen (secondary N) is 1. The molecule has 2 nitrogen and oxygen atoms in total. The average Bonchev–Trinajstić information content (AvgIpc) is 2.34. The van der Waals surface area contributed by atoms with E-state index in [1.807, 2.05) is 42.5 Å². The first-order valence-corrected chi connectivity index (χ1v) is 7.18. The summed E-state index contributed by atoms with van der Waals surface area (Å²) in [6, 6.07) is 13.7. The van der Waals surface area contributed by atoms with Gasteiger partial charge < -0.3 is 11.1 Å². The van der Waals surface area contributed by atoms with Crippen LogP contribution in [0.1, 0.15) is 5.56 Å². The summed E-state index contributed by atoms with van der Waals surface area (Å²) in [6.45, 7) is 0. The van der Waals surface area contributed by atoms with E-state index in [9.17, 15) is 0 Å². The maximum absolute atomic E-state index is 5.73. The van der Waals surface area contributed by atoms with Gasteiger partial charge in [-0.25, -0.2) is 0 Å². The van der Waals surface area contributed by atoms with Crippen LogP contribution in [0.3, 0.4) is 0 Å². The van der Waals surface area contributed by atoms with Crippen molar-refractivity contribution in [1.82, 2.24) is 0 Å². The molecule has 0 spiro atoms. The summed E-state index contributed by atoms with van der Waals surface area (Å²) in [6.07, 6.45) is 0. The van der Waals surface area contributed by atoms with Gasteiger partial charge in [-0.1, -0.05) is 40.3 Å². The zero-order valence-electron chi connectivity index (χ0n) is 9.28.